The number of fused-ring (bicyclic) bond motifs is 1. The average Bonchev–Trinajstić information content (AvgIpc) is 3.33. The summed E-state index contributed by atoms with van der Waals surface area (Å²) in [5, 5.41) is 0. The quantitative estimate of drug-likeness (QED) is 0.0778. The van der Waals surface area contributed by atoms with Crippen LogP contribution in [0.4, 0.5) is 0 Å². The van der Waals surface area contributed by atoms with Gasteiger partial charge in [-0.25, -0.2) is 0 Å². The molecule has 2 amide bonds. The molecule has 0 fully saturated rings. The summed E-state index contributed by atoms with van der Waals surface area (Å²) in [7, 11) is 0. The van der Waals surface area contributed by atoms with Gasteiger partial charge in [0.15, 0.2) is 0 Å². The summed E-state index contributed by atoms with van der Waals surface area (Å²) < 4.78 is 59.7. The zero-order valence-electron chi connectivity index (χ0n) is 27.6. The molecule has 1 aromatic carbocycles. The number of carbonyl (C=O) groups excluding carboxylic acids is 2. The van der Waals surface area contributed by atoms with E-state index in [4.69, 9.17) is 57.8 Å². The van der Waals surface area contributed by atoms with Crippen molar-refractivity contribution >= 4 is 11.8 Å². The summed E-state index contributed by atoms with van der Waals surface area (Å²) in [6, 6.07) is 6.82. The van der Waals surface area contributed by atoms with E-state index in [2.05, 4.69) is 0 Å². The van der Waals surface area contributed by atoms with Crippen LogP contribution in [0.2, 0.25) is 0 Å². The maximum atomic E-state index is 12.3. The molecule has 0 bridgehead atoms. The summed E-state index contributed by atoms with van der Waals surface area (Å²) in [5.74, 6) is -0.556. The first-order valence-corrected chi connectivity index (χ1v) is 16.3. The fourth-order valence-corrected chi connectivity index (χ4v) is 3.98. The molecule has 15 heteroatoms. The van der Waals surface area contributed by atoms with E-state index < -0.39 is 0 Å². The largest absolute Gasteiger partial charge is 0.378 e. The van der Waals surface area contributed by atoms with Crippen molar-refractivity contribution in [2.24, 2.45) is 5.73 Å². The zero-order valence-corrected chi connectivity index (χ0v) is 27.6. The van der Waals surface area contributed by atoms with Gasteiger partial charge in [0.25, 0.3) is 11.8 Å². The molecule has 270 valence electrons. The van der Waals surface area contributed by atoms with Gasteiger partial charge >= 0.3 is 0 Å². The highest BCUT2D eigenvalue weighted by atomic mass is 16.6. The van der Waals surface area contributed by atoms with Crippen LogP contribution in [-0.2, 0) is 52.1 Å². The van der Waals surface area contributed by atoms with Gasteiger partial charge in [0.2, 0.25) is 0 Å². The van der Waals surface area contributed by atoms with Crippen molar-refractivity contribution in [3.05, 3.63) is 35.4 Å². The summed E-state index contributed by atoms with van der Waals surface area (Å²) in [5.41, 5.74) is 6.21. The number of nitrogens with zero attached hydrogens (tertiary/aromatic N) is 1. The first-order chi connectivity index (χ1) is 23.3. The molecule has 2 rings (SSSR count). The Balaban J connectivity index is 1.18. The predicted molar refractivity (Wildman–Crippen MR) is 170 cm³/mol. The minimum atomic E-state index is -0.278. The van der Waals surface area contributed by atoms with E-state index in [1.165, 1.54) is 4.90 Å². The van der Waals surface area contributed by atoms with Gasteiger partial charge in [-0.05, 0) is 12.1 Å². The molecule has 1 aromatic rings. The molecule has 0 aromatic heterocycles. The van der Waals surface area contributed by atoms with Crippen molar-refractivity contribution < 1.29 is 61.7 Å². The van der Waals surface area contributed by atoms with Crippen LogP contribution in [0.25, 0.3) is 0 Å². The summed E-state index contributed by atoms with van der Waals surface area (Å²) >= 11 is 0. The van der Waals surface area contributed by atoms with E-state index in [1.807, 2.05) is 0 Å². The van der Waals surface area contributed by atoms with Crippen molar-refractivity contribution in [1.82, 2.24) is 4.90 Å². The Morgan fingerprint density at radius 2 is 0.617 bits per heavy atom. The third kappa shape index (κ3) is 20.8. The highest BCUT2D eigenvalue weighted by Gasteiger charge is 2.34. The fraction of sp³-hybridized carbons (Fsp3) is 0.750. The van der Waals surface area contributed by atoms with E-state index in [-0.39, 0.29) is 25.0 Å². The molecule has 0 radical (unpaired) electrons. The van der Waals surface area contributed by atoms with E-state index in [1.54, 1.807) is 24.3 Å². The van der Waals surface area contributed by atoms with Crippen LogP contribution in [-0.4, -0.2) is 175 Å². The van der Waals surface area contributed by atoms with Crippen LogP contribution in [0.1, 0.15) is 20.7 Å². The molecule has 0 saturated carbocycles. The van der Waals surface area contributed by atoms with Crippen molar-refractivity contribution in [1.29, 1.82) is 0 Å². The minimum absolute atomic E-state index is 0.214. The zero-order chi connectivity index (χ0) is 33.5. The minimum Gasteiger partial charge on any atom is -0.378 e. The number of amides is 2. The predicted octanol–water partition coefficient (Wildman–Crippen LogP) is 0.424. The van der Waals surface area contributed by atoms with E-state index in [0.29, 0.717) is 156 Å². The second kappa shape index (κ2) is 30.0. The first-order valence-electron chi connectivity index (χ1n) is 16.3. The monoisotopic (exact) mass is 674 g/mol. The Morgan fingerprint density at radius 1 is 0.383 bits per heavy atom. The van der Waals surface area contributed by atoms with Crippen molar-refractivity contribution in [2.75, 3.05) is 158 Å². The number of imide groups is 1. The summed E-state index contributed by atoms with van der Waals surface area (Å²) in [6.45, 7) is 11.2. The third-order valence-electron chi connectivity index (χ3n) is 6.32. The standard InChI is InChI=1S/C32H54N2O13/c33-5-7-37-9-11-39-13-15-41-17-19-43-21-23-45-25-27-47-28-26-46-24-22-44-20-18-42-16-14-40-12-10-38-8-6-34-31(35)29-3-1-2-4-30(29)32(34)36/h1-4H,5-28,33H2. The van der Waals surface area contributed by atoms with E-state index in [0.717, 1.165) is 0 Å². The maximum absolute atomic E-state index is 12.3. The number of carbonyl (C=O) groups is 2. The van der Waals surface area contributed by atoms with Crippen LogP contribution in [0.3, 0.4) is 0 Å². The SMILES string of the molecule is NCCOCCOCCOCCOCCOCCOCCOCCOCCOCCOCCOCCN1C(=O)c2ccccc2C1=O. The third-order valence-corrected chi connectivity index (χ3v) is 6.32. The molecule has 0 unspecified atom stereocenters. The lowest BCUT2D eigenvalue weighted by molar-refractivity contribution is -0.0275. The second-order valence-electron chi connectivity index (χ2n) is 9.83. The van der Waals surface area contributed by atoms with E-state index >= 15 is 0 Å². The Bertz CT molecular complexity index is 877. The molecular weight excluding hydrogens is 620 g/mol. The molecule has 0 saturated heterocycles. The molecule has 0 atom stereocenters. The van der Waals surface area contributed by atoms with Gasteiger partial charge in [0.05, 0.1) is 163 Å². The molecule has 0 spiro atoms. The molecule has 1 aliphatic rings. The van der Waals surface area contributed by atoms with Gasteiger partial charge in [-0.2, -0.15) is 0 Å². The summed E-state index contributed by atoms with van der Waals surface area (Å²) in [4.78, 5) is 25.8. The molecule has 1 heterocycles. The lowest BCUT2D eigenvalue weighted by atomic mass is 10.1. The maximum Gasteiger partial charge on any atom is 0.261 e. The van der Waals surface area contributed by atoms with Gasteiger partial charge in [0.1, 0.15) is 0 Å². The lowest BCUT2D eigenvalue weighted by Gasteiger charge is -2.13. The van der Waals surface area contributed by atoms with Gasteiger partial charge in [-0.15, -0.1) is 0 Å². The Labute approximate surface area is 278 Å². The van der Waals surface area contributed by atoms with Gasteiger partial charge in [-0.1, -0.05) is 12.1 Å². The van der Waals surface area contributed by atoms with Crippen LogP contribution in [0.15, 0.2) is 24.3 Å². The van der Waals surface area contributed by atoms with Gasteiger partial charge in [-0.3, -0.25) is 14.5 Å². The highest BCUT2D eigenvalue weighted by Crippen LogP contribution is 2.21. The van der Waals surface area contributed by atoms with Crippen molar-refractivity contribution in [3.8, 4) is 0 Å². The molecule has 0 aliphatic carbocycles. The number of ether oxygens (including phenoxy) is 11. The molecule has 47 heavy (non-hydrogen) atoms. The molecule has 2 N–H and O–H groups in total. The molecular formula is C32H54N2O13. The smallest absolute Gasteiger partial charge is 0.261 e. The van der Waals surface area contributed by atoms with Crippen LogP contribution < -0.4 is 5.73 Å². The average molecular weight is 675 g/mol. The fourth-order valence-electron chi connectivity index (χ4n) is 3.98. The van der Waals surface area contributed by atoms with Crippen molar-refractivity contribution in [2.45, 2.75) is 0 Å². The Kier molecular flexibility index (Phi) is 26.2. The van der Waals surface area contributed by atoms with Crippen molar-refractivity contribution in [3.63, 3.8) is 0 Å². The first kappa shape index (κ1) is 41.1. The second-order valence-corrected chi connectivity index (χ2v) is 9.83. The lowest BCUT2D eigenvalue weighted by Crippen LogP contribution is -2.33. The number of nitrogens with two attached hydrogens (primary N) is 1. The summed E-state index contributed by atoms with van der Waals surface area (Å²) in [6.07, 6.45) is 0. The Morgan fingerprint density at radius 3 is 0.872 bits per heavy atom. The topological polar surface area (TPSA) is 165 Å². The number of rotatable bonds is 35. The van der Waals surface area contributed by atoms with Gasteiger partial charge < -0.3 is 57.8 Å². The van der Waals surface area contributed by atoms with Crippen LogP contribution in [0.5, 0.6) is 0 Å². The normalized spacial score (nSPS) is 12.8. The molecule has 15 nitrogen and oxygen atoms in total. The number of hydrogen-bond acceptors (Lipinski definition) is 14. The van der Waals surface area contributed by atoms with Crippen LogP contribution >= 0.6 is 0 Å². The highest BCUT2D eigenvalue weighted by molar-refractivity contribution is 6.21. The molecule has 1 aliphatic heterocycles. The van der Waals surface area contributed by atoms with Gasteiger partial charge in [0, 0.05) is 6.54 Å². The van der Waals surface area contributed by atoms with E-state index in [9.17, 15) is 9.59 Å². The van der Waals surface area contributed by atoms with Crippen LogP contribution in [0, 0.1) is 0 Å². The Hall–Kier alpha value is -2.12. The number of benzene rings is 1. The number of hydrogen-bond donors (Lipinski definition) is 1.